The minimum absolute atomic E-state index is 0.0987. The second-order valence-electron chi connectivity index (χ2n) is 8.01. The third-order valence-electron chi connectivity index (χ3n) is 5.61. The summed E-state index contributed by atoms with van der Waals surface area (Å²) in [5, 5.41) is 3.09. The Kier molecular flexibility index (Phi) is 8.13. The molecule has 1 aliphatic rings. The summed E-state index contributed by atoms with van der Waals surface area (Å²) in [6.45, 7) is 5.81. The van der Waals surface area contributed by atoms with Crippen LogP contribution in [0.2, 0.25) is 0 Å². The highest BCUT2D eigenvalue weighted by Crippen LogP contribution is 2.23. The van der Waals surface area contributed by atoms with Crippen LogP contribution >= 0.6 is 0 Å². The topological polar surface area (TPSA) is 79.5 Å². The quantitative estimate of drug-likeness (QED) is 0.623. The van der Waals surface area contributed by atoms with E-state index in [0.717, 1.165) is 51.1 Å². The van der Waals surface area contributed by atoms with Crippen molar-refractivity contribution in [3.63, 3.8) is 0 Å². The van der Waals surface area contributed by atoms with Gasteiger partial charge in [0.1, 0.15) is 17.3 Å². The number of benzene rings is 1. The van der Waals surface area contributed by atoms with E-state index in [1.807, 2.05) is 6.20 Å². The Morgan fingerprint density at radius 1 is 1.27 bits per heavy atom. The van der Waals surface area contributed by atoms with Crippen molar-refractivity contribution >= 4 is 5.91 Å². The molecule has 3 rings (SSSR count). The summed E-state index contributed by atoms with van der Waals surface area (Å²) >= 11 is 0. The van der Waals surface area contributed by atoms with Crippen LogP contribution in [0, 0.1) is 5.92 Å². The highest BCUT2D eigenvalue weighted by Gasteiger charge is 2.21. The number of carbonyl (C=O) groups is 1. The molecular weight excluding hydrogens is 380 g/mol. The molecule has 30 heavy (non-hydrogen) atoms. The standard InChI is InChI=1S/C23H34N4O3/c1-4-5-8-22-24-14-19(26-22)16-27-9-6-7-17(15-27)13-25-23(28)18-10-20(29-2)12-21(11-18)30-3/h10-12,14,17H,4-9,13,15-16H2,1-3H3,(H,24,26)(H,25,28)/t17-/m1/s1. The van der Waals surface area contributed by atoms with E-state index in [0.29, 0.717) is 29.5 Å². The average Bonchev–Trinajstić information content (AvgIpc) is 3.22. The third-order valence-corrected chi connectivity index (χ3v) is 5.61. The molecule has 0 saturated carbocycles. The number of aromatic amines is 1. The molecule has 1 saturated heterocycles. The van der Waals surface area contributed by atoms with Crippen molar-refractivity contribution in [3.8, 4) is 11.5 Å². The lowest BCUT2D eigenvalue weighted by Gasteiger charge is -2.32. The van der Waals surface area contributed by atoms with Crippen LogP contribution < -0.4 is 14.8 Å². The molecule has 0 spiro atoms. The maximum atomic E-state index is 12.6. The molecule has 0 aliphatic carbocycles. The van der Waals surface area contributed by atoms with E-state index in [9.17, 15) is 4.79 Å². The van der Waals surface area contributed by atoms with Gasteiger partial charge in [-0.15, -0.1) is 0 Å². The van der Waals surface area contributed by atoms with E-state index < -0.39 is 0 Å². The second kappa shape index (κ2) is 11.0. The van der Waals surface area contributed by atoms with Crippen molar-refractivity contribution in [2.75, 3.05) is 33.9 Å². The van der Waals surface area contributed by atoms with Crippen LogP contribution in [-0.4, -0.2) is 54.6 Å². The second-order valence-corrected chi connectivity index (χ2v) is 8.01. The van der Waals surface area contributed by atoms with Crippen molar-refractivity contribution in [2.45, 2.75) is 45.6 Å². The van der Waals surface area contributed by atoms with Gasteiger partial charge in [-0.05, 0) is 43.9 Å². The number of likely N-dealkylation sites (tertiary alicyclic amines) is 1. The van der Waals surface area contributed by atoms with Crippen LogP contribution in [0.25, 0.3) is 0 Å². The van der Waals surface area contributed by atoms with Gasteiger partial charge in [0, 0.05) is 49.6 Å². The summed E-state index contributed by atoms with van der Waals surface area (Å²) in [7, 11) is 3.17. The number of hydrogen-bond donors (Lipinski definition) is 2. The summed E-state index contributed by atoms with van der Waals surface area (Å²) in [4.78, 5) is 23.0. The van der Waals surface area contributed by atoms with E-state index >= 15 is 0 Å². The van der Waals surface area contributed by atoms with Crippen molar-refractivity contribution < 1.29 is 14.3 Å². The zero-order chi connectivity index (χ0) is 21.3. The number of piperidine rings is 1. The Morgan fingerprint density at radius 2 is 2.03 bits per heavy atom. The molecular formula is C23H34N4O3. The number of methoxy groups -OCH3 is 2. The van der Waals surface area contributed by atoms with Gasteiger partial charge in [0.2, 0.25) is 0 Å². The fourth-order valence-corrected chi connectivity index (χ4v) is 3.94. The first-order valence-corrected chi connectivity index (χ1v) is 10.9. The third kappa shape index (κ3) is 6.23. The Labute approximate surface area is 179 Å². The van der Waals surface area contributed by atoms with Crippen LogP contribution in [0.4, 0.5) is 0 Å². The van der Waals surface area contributed by atoms with Gasteiger partial charge in [-0.25, -0.2) is 4.98 Å². The molecule has 0 unspecified atom stereocenters. The van der Waals surface area contributed by atoms with Crippen LogP contribution in [-0.2, 0) is 13.0 Å². The van der Waals surface area contributed by atoms with Gasteiger partial charge in [0.05, 0.1) is 14.2 Å². The number of imidazole rings is 1. The van der Waals surface area contributed by atoms with Crippen molar-refractivity contribution in [2.24, 2.45) is 5.92 Å². The lowest BCUT2D eigenvalue weighted by atomic mass is 9.97. The molecule has 2 N–H and O–H groups in total. The van der Waals surface area contributed by atoms with Crippen LogP contribution in [0.3, 0.4) is 0 Å². The molecule has 0 radical (unpaired) electrons. The Morgan fingerprint density at radius 3 is 2.73 bits per heavy atom. The number of aromatic nitrogens is 2. The number of ether oxygens (including phenoxy) is 2. The van der Waals surface area contributed by atoms with Crippen LogP contribution in [0.15, 0.2) is 24.4 Å². The fraction of sp³-hybridized carbons (Fsp3) is 0.565. The minimum Gasteiger partial charge on any atom is -0.497 e. The summed E-state index contributed by atoms with van der Waals surface area (Å²) < 4.78 is 10.5. The molecule has 2 aromatic rings. The van der Waals surface area contributed by atoms with Gasteiger partial charge in [-0.3, -0.25) is 9.69 Å². The van der Waals surface area contributed by atoms with E-state index in [-0.39, 0.29) is 5.91 Å². The molecule has 1 amide bonds. The molecule has 164 valence electrons. The first kappa shape index (κ1) is 22.2. The van der Waals surface area contributed by atoms with Crippen LogP contribution in [0.5, 0.6) is 11.5 Å². The van der Waals surface area contributed by atoms with Gasteiger partial charge >= 0.3 is 0 Å². The molecule has 0 bridgehead atoms. The van der Waals surface area contributed by atoms with Crippen molar-refractivity contribution in [1.82, 2.24) is 20.2 Å². The molecule has 1 aromatic heterocycles. The van der Waals surface area contributed by atoms with Gasteiger partial charge in [-0.1, -0.05) is 13.3 Å². The molecule has 1 fully saturated rings. The fourth-order valence-electron chi connectivity index (χ4n) is 3.94. The number of carbonyl (C=O) groups excluding carboxylic acids is 1. The largest absolute Gasteiger partial charge is 0.497 e. The summed E-state index contributed by atoms with van der Waals surface area (Å²) in [5.41, 5.74) is 1.73. The number of unbranched alkanes of at least 4 members (excludes halogenated alkanes) is 1. The number of nitrogens with one attached hydrogen (secondary N) is 2. The summed E-state index contributed by atoms with van der Waals surface area (Å²) in [6.07, 6.45) is 7.59. The molecule has 7 nitrogen and oxygen atoms in total. The molecule has 1 aliphatic heterocycles. The van der Waals surface area contributed by atoms with E-state index in [4.69, 9.17) is 9.47 Å². The molecule has 2 heterocycles. The first-order valence-electron chi connectivity index (χ1n) is 10.9. The SMILES string of the molecule is CCCCc1ncc(CN2CCC[C@H](CNC(=O)c3cc(OC)cc(OC)c3)C2)[nH]1. The normalized spacial score (nSPS) is 17.0. The van der Waals surface area contributed by atoms with Gasteiger partial charge < -0.3 is 19.8 Å². The lowest BCUT2D eigenvalue weighted by Crippen LogP contribution is -2.40. The highest BCUT2D eigenvalue weighted by atomic mass is 16.5. The molecule has 7 heteroatoms. The maximum absolute atomic E-state index is 12.6. The monoisotopic (exact) mass is 414 g/mol. The van der Waals surface area contributed by atoms with Gasteiger partial charge in [0.25, 0.3) is 5.91 Å². The van der Waals surface area contributed by atoms with Crippen molar-refractivity contribution in [1.29, 1.82) is 0 Å². The number of nitrogens with zero attached hydrogens (tertiary/aromatic N) is 2. The molecule has 1 atom stereocenters. The number of aryl methyl sites for hydroxylation is 1. The zero-order valence-electron chi connectivity index (χ0n) is 18.4. The number of amides is 1. The Balaban J connectivity index is 1.50. The Bertz CT molecular complexity index is 798. The first-order chi connectivity index (χ1) is 14.6. The van der Waals surface area contributed by atoms with E-state index in [1.54, 1.807) is 32.4 Å². The highest BCUT2D eigenvalue weighted by molar-refractivity contribution is 5.95. The summed E-state index contributed by atoms with van der Waals surface area (Å²) in [6, 6.07) is 5.23. The van der Waals surface area contributed by atoms with Crippen molar-refractivity contribution in [3.05, 3.63) is 41.5 Å². The zero-order valence-corrected chi connectivity index (χ0v) is 18.4. The van der Waals surface area contributed by atoms with Gasteiger partial charge in [-0.2, -0.15) is 0 Å². The number of rotatable bonds is 10. The summed E-state index contributed by atoms with van der Waals surface area (Å²) in [5.74, 6) is 2.65. The smallest absolute Gasteiger partial charge is 0.251 e. The molecule has 1 aromatic carbocycles. The van der Waals surface area contributed by atoms with E-state index in [2.05, 4.69) is 27.1 Å². The number of H-pyrrole nitrogens is 1. The lowest BCUT2D eigenvalue weighted by molar-refractivity contribution is 0.0929. The Hall–Kier alpha value is -2.54. The average molecular weight is 415 g/mol. The minimum atomic E-state index is -0.0987. The van der Waals surface area contributed by atoms with Gasteiger partial charge in [0.15, 0.2) is 0 Å². The maximum Gasteiger partial charge on any atom is 0.251 e. The predicted octanol–water partition coefficient (Wildman–Crippen LogP) is 3.41. The predicted molar refractivity (Wildman–Crippen MR) is 117 cm³/mol. The van der Waals surface area contributed by atoms with Crippen LogP contribution in [0.1, 0.15) is 54.5 Å². The number of hydrogen-bond acceptors (Lipinski definition) is 5. The van der Waals surface area contributed by atoms with E-state index in [1.165, 1.54) is 12.1 Å².